The highest BCUT2D eigenvalue weighted by molar-refractivity contribution is 6.80. The predicted molar refractivity (Wildman–Crippen MR) is 128 cm³/mol. The van der Waals surface area contributed by atoms with Crippen LogP contribution in [0.1, 0.15) is 54.4 Å². The standard InChI is InChI=1S/C22H39N5O7Si/c1-21(2,3)34-19(30)23-16-15(27(18(16)29)35(7,8)22(4,5)6)12-33-24-17(28)14-10-9-13-11-25(14)20(31)26(13)32/h13-16,32H,9-12H2,1-8H3,(H,23,30)(H,24,28)/t13?,14-,15?,16?/m0/s1. The topological polar surface area (TPSA) is 141 Å². The summed E-state index contributed by atoms with van der Waals surface area (Å²) in [6, 6.07) is -2.97. The van der Waals surface area contributed by atoms with Gasteiger partial charge in [-0.1, -0.05) is 33.9 Å². The Balaban J connectivity index is 1.66. The average molecular weight is 514 g/mol. The Kier molecular flexibility index (Phi) is 7.19. The lowest BCUT2D eigenvalue weighted by Gasteiger charge is -2.57. The van der Waals surface area contributed by atoms with Crippen molar-refractivity contribution in [1.82, 2.24) is 25.3 Å². The molecule has 3 N–H and O–H groups in total. The van der Waals surface area contributed by atoms with Gasteiger partial charge in [0.15, 0.2) is 8.24 Å². The number of β-lactam (4-membered cyclic amide) rings is 1. The van der Waals surface area contributed by atoms with Crippen LogP contribution >= 0.6 is 0 Å². The Morgan fingerprint density at radius 3 is 2.31 bits per heavy atom. The molecule has 0 aromatic carbocycles. The minimum absolute atomic E-state index is 0.0418. The molecule has 3 aliphatic rings. The van der Waals surface area contributed by atoms with Crippen molar-refractivity contribution in [1.29, 1.82) is 0 Å². The summed E-state index contributed by atoms with van der Waals surface area (Å²) < 4.78 is 7.12. The first-order valence-electron chi connectivity index (χ1n) is 12.0. The van der Waals surface area contributed by atoms with Crippen LogP contribution in [-0.4, -0.2) is 94.8 Å². The van der Waals surface area contributed by atoms with Crippen LogP contribution in [-0.2, 0) is 19.2 Å². The average Bonchev–Trinajstić information content (AvgIpc) is 2.93. The molecule has 198 valence electrons. The lowest BCUT2D eigenvalue weighted by molar-refractivity contribution is -0.152. The Labute approximate surface area is 207 Å². The minimum Gasteiger partial charge on any atom is -0.444 e. The van der Waals surface area contributed by atoms with Gasteiger partial charge in [0.1, 0.15) is 17.7 Å². The molecule has 3 saturated heterocycles. The van der Waals surface area contributed by atoms with E-state index >= 15 is 0 Å². The number of amides is 5. The van der Waals surface area contributed by atoms with Gasteiger partial charge < -0.3 is 19.5 Å². The first-order chi connectivity index (χ1) is 16.0. The van der Waals surface area contributed by atoms with E-state index in [4.69, 9.17) is 9.57 Å². The van der Waals surface area contributed by atoms with Crippen molar-refractivity contribution in [3.63, 3.8) is 0 Å². The Morgan fingerprint density at radius 2 is 1.74 bits per heavy atom. The molecule has 3 rings (SSSR count). The largest absolute Gasteiger partial charge is 0.444 e. The Bertz CT molecular complexity index is 884. The molecule has 4 atom stereocenters. The second kappa shape index (κ2) is 9.25. The number of carbonyl (C=O) groups is 4. The van der Waals surface area contributed by atoms with Gasteiger partial charge in [-0.25, -0.2) is 20.1 Å². The number of fused-ring (bicyclic) bond motifs is 2. The smallest absolute Gasteiger partial charge is 0.408 e. The predicted octanol–water partition coefficient (Wildman–Crippen LogP) is 1.80. The molecule has 0 aromatic heterocycles. The summed E-state index contributed by atoms with van der Waals surface area (Å²) in [5.74, 6) is -0.695. The molecule has 0 saturated carbocycles. The lowest BCUT2D eigenvalue weighted by atomic mass is 10.00. The van der Waals surface area contributed by atoms with E-state index in [-0.39, 0.29) is 30.1 Å². The summed E-state index contributed by atoms with van der Waals surface area (Å²) in [6.45, 7) is 15.9. The fourth-order valence-corrected chi connectivity index (χ4v) is 7.01. The summed E-state index contributed by atoms with van der Waals surface area (Å²) in [5, 5.41) is 13.0. The third-order valence-corrected chi connectivity index (χ3v) is 12.8. The van der Waals surface area contributed by atoms with Gasteiger partial charge in [0.2, 0.25) is 5.91 Å². The number of alkyl carbamates (subject to hydrolysis) is 1. The van der Waals surface area contributed by atoms with Crippen molar-refractivity contribution < 1.29 is 34.0 Å². The number of hydroxylamine groups is 3. The van der Waals surface area contributed by atoms with Gasteiger partial charge in [0, 0.05) is 6.54 Å². The maximum atomic E-state index is 13.1. The fraction of sp³-hybridized carbons (Fsp3) is 0.818. The second-order valence-electron chi connectivity index (χ2n) is 12.0. The summed E-state index contributed by atoms with van der Waals surface area (Å²) in [4.78, 5) is 57.3. The van der Waals surface area contributed by atoms with Gasteiger partial charge in [-0.3, -0.25) is 19.6 Å². The summed E-state index contributed by atoms with van der Waals surface area (Å²) >= 11 is 0. The summed E-state index contributed by atoms with van der Waals surface area (Å²) in [7, 11) is -2.31. The normalized spacial score (nSPS) is 27.1. The highest BCUT2D eigenvalue weighted by Crippen LogP contribution is 2.43. The van der Waals surface area contributed by atoms with Crippen molar-refractivity contribution in [2.24, 2.45) is 0 Å². The van der Waals surface area contributed by atoms with E-state index < -0.39 is 50.0 Å². The van der Waals surface area contributed by atoms with Crippen LogP contribution in [0.25, 0.3) is 0 Å². The molecular formula is C22H39N5O7Si. The molecule has 3 fully saturated rings. The maximum absolute atomic E-state index is 13.1. The van der Waals surface area contributed by atoms with E-state index in [9.17, 15) is 24.4 Å². The Morgan fingerprint density at radius 1 is 1.11 bits per heavy atom. The third kappa shape index (κ3) is 5.26. The number of nitrogens with zero attached hydrogens (tertiary/aromatic N) is 3. The van der Waals surface area contributed by atoms with E-state index in [2.05, 4.69) is 44.7 Å². The third-order valence-electron chi connectivity index (χ3n) is 7.40. The van der Waals surface area contributed by atoms with Crippen molar-refractivity contribution in [2.75, 3.05) is 13.2 Å². The van der Waals surface area contributed by atoms with Crippen LogP contribution in [0, 0.1) is 0 Å². The molecule has 12 nitrogen and oxygen atoms in total. The van der Waals surface area contributed by atoms with Crippen LogP contribution in [0.5, 0.6) is 0 Å². The number of hydrogen-bond acceptors (Lipinski definition) is 7. The number of ether oxygens (including phenoxy) is 1. The summed E-state index contributed by atoms with van der Waals surface area (Å²) in [5.41, 5.74) is 1.69. The minimum atomic E-state index is -2.31. The van der Waals surface area contributed by atoms with E-state index in [1.165, 1.54) is 4.90 Å². The van der Waals surface area contributed by atoms with E-state index in [1.54, 1.807) is 25.3 Å². The highest BCUT2D eigenvalue weighted by Gasteiger charge is 2.58. The zero-order chi connectivity index (χ0) is 26.5. The molecule has 3 unspecified atom stereocenters. The van der Waals surface area contributed by atoms with Crippen LogP contribution < -0.4 is 10.8 Å². The van der Waals surface area contributed by atoms with Gasteiger partial charge in [0.05, 0.1) is 18.7 Å². The molecule has 13 heteroatoms. The van der Waals surface area contributed by atoms with Crippen LogP contribution in [0.4, 0.5) is 9.59 Å². The van der Waals surface area contributed by atoms with Gasteiger partial charge >= 0.3 is 12.1 Å². The van der Waals surface area contributed by atoms with Gasteiger partial charge in [-0.05, 0) is 38.7 Å². The number of rotatable bonds is 6. The van der Waals surface area contributed by atoms with Gasteiger partial charge in [0.25, 0.3) is 5.91 Å². The molecule has 2 bridgehead atoms. The molecule has 5 amide bonds. The van der Waals surface area contributed by atoms with Crippen molar-refractivity contribution in [2.45, 2.75) is 102 Å². The zero-order valence-electron chi connectivity index (χ0n) is 21.9. The molecule has 0 aliphatic carbocycles. The Hall–Kier alpha value is -2.38. The van der Waals surface area contributed by atoms with Crippen molar-refractivity contribution in [3.8, 4) is 0 Å². The van der Waals surface area contributed by atoms with Crippen molar-refractivity contribution >= 4 is 32.2 Å². The molecule has 3 aliphatic heterocycles. The summed E-state index contributed by atoms with van der Waals surface area (Å²) in [6.07, 6.45) is 0.219. The van der Waals surface area contributed by atoms with Crippen LogP contribution in [0.2, 0.25) is 18.1 Å². The van der Waals surface area contributed by atoms with Crippen LogP contribution in [0.3, 0.4) is 0 Å². The zero-order valence-corrected chi connectivity index (χ0v) is 22.9. The lowest BCUT2D eigenvalue weighted by Crippen LogP contribution is -2.80. The number of hydrogen-bond donors (Lipinski definition) is 3. The molecule has 3 heterocycles. The van der Waals surface area contributed by atoms with E-state index in [0.29, 0.717) is 17.9 Å². The van der Waals surface area contributed by atoms with Crippen LogP contribution in [0.15, 0.2) is 0 Å². The maximum Gasteiger partial charge on any atom is 0.408 e. The van der Waals surface area contributed by atoms with E-state index in [1.807, 2.05) is 0 Å². The quantitative estimate of drug-likeness (QED) is 0.213. The first-order valence-corrected chi connectivity index (χ1v) is 14.9. The highest BCUT2D eigenvalue weighted by atomic mass is 28.3. The molecule has 0 aromatic rings. The first kappa shape index (κ1) is 27.2. The van der Waals surface area contributed by atoms with Crippen molar-refractivity contribution in [3.05, 3.63) is 0 Å². The fourth-order valence-electron chi connectivity index (χ4n) is 4.55. The number of carbonyl (C=O) groups excluding carboxylic acids is 4. The van der Waals surface area contributed by atoms with Gasteiger partial charge in [-0.15, -0.1) is 0 Å². The second-order valence-corrected chi connectivity index (χ2v) is 17.1. The SMILES string of the molecule is CC(C)(C)OC(=O)NC1C(=O)N([Si](C)(C)C(C)(C)C)C1CONC(=O)[C@@H]1CCC2CN1C(=O)N2O. The van der Waals surface area contributed by atoms with E-state index in [0.717, 1.165) is 0 Å². The number of piperidine rings is 1. The number of urea groups is 1. The molecule has 0 radical (unpaired) electrons. The molecule has 35 heavy (non-hydrogen) atoms. The number of nitrogens with one attached hydrogen (secondary N) is 2. The molecular weight excluding hydrogens is 474 g/mol. The molecule has 0 spiro atoms. The van der Waals surface area contributed by atoms with Gasteiger partial charge in [-0.2, -0.15) is 0 Å². The monoisotopic (exact) mass is 513 g/mol.